The SMILES string of the molecule is C=C(NC1=CCC(C)C(/C(C)=C\C)=C1)C1CC1c1cccc(C(C)C)c1. The van der Waals surface area contributed by atoms with E-state index in [0.717, 1.165) is 6.42 Å². The Bertz CT molecular complexity index is 775. The van der Waals surface area contributed by atoms with E-state index in [1.807, 2.05) is 0 Å². The van der Waals surface area contributed by atoms with E-state index in [2.05, 4.69) is 89.0 Å². The lowest BCUT2D eigenvalue weighted by atomic mass is 9.87. The summed E-state index contributed by atoms with van der Waals surface area (Å²) in [5.41, 5.74) is 8.11. The molecule has 1 heteroatoms. The fourth-order valence-electron chi connectivity index (χ4n) is 3.93. The van der Waals surface area contributed by atoms with E-state index < -0.39 is 0 Å². The van der Waals surface area contributed by atoms with Gasteiger partial charge >= 0.3 is 0 Å². The minimum Gasteiger partial charge on any atom is -0.359 e. The quantitative estimate of drug-likeness (QED) is 0.594. The predicted octanol–water partition coefficient (Wildman–Crippen LogP) is 6.83. The lowest BCUT2D eigenvalue weighted by Gasteiger charge is -2.22. The van der Waals surface area contributed by atoms with E-state index in [1.165, 1.54) is 40.1 Å². The van der Waals surface area contributed by atoms with Crippen molar-refractivity contribution in [2.24, 2.45) is 11.8 Å². The Hall–Kier alpha value is -2.02. The Kier molecular flexibility index (Phi) is 5.55. The second-order valence-electron chi connectivity index (χ2n) is 8.29. The zero-order valence-electron chi connectivity index (χ0n) is 17.0. The summed E-state index contributed by atoms with van der Waals surface area (Å²) in [6.45, 7) is 15.5. The smallest absolute Gasteiger partial charge is 0.0344 e. The van der Waals surface area contributed by atoms with Crippen molar-refractivity contribution in [1.82, 2.24) is 5.32 Å². The maximum Gasteiger partial charge on any atom is 0.0344 e. The average molecular weight is 348 g/mol. The van der Waals surface area contributed by atoms with Gasteiger partial charge in [0.25, 0.3) is 0 Å². The van der Waals surface area contributed by atoms with Crippen LogP contribution in [0.2, 0.25) is 0 Å². The lowest BCUT2D eigenvalue weighted by molar-refractivity contribution is 0.677. The molecule has 0 aromatic heterocycles. The van der Waals surface area contributed by atoms with Crippen molar-refractivity contribution in [1.29, 1.82) is 0 Å². The number of benzene rings is 1. The van der Waals surface area contributed by atoms with Gasteiger partial charge in [-0.3, -0.25) is 0 Å². The normalized spacial score (nSPS) is 25.6. The van der Waals surface area contributed by atoms with Gasteiger partial charge in [-0.2, -0.15) is 0 Å². The molecule has 1 fully saturated rings. The molecule has 0 radical (unpaired) electrons. The summed E-state index contributed by atoms with van der Waals surface area (Å²) < 4.78 is 0. The molecular formula is C25H33N. The summed E-state index contributed by atoms with van der Waals surface area (Å²) in [7, 11) is 0. The number of allylic oxidation sites excluding steroid dienone is 6. The molecule has 3 unspecified atom stereocenters. The second-order valence-corrected chi connectivity index (χ2v) is 8.29. The monoisotopic (exact) mass is 347 g/mol. The lowest BCUT2D eigenvalue weighted by Crippen LogP contribution is -2.17. The highest BCUT2D eigenvalue weighted by Crippen LogP contribution is 2.51. The van der Waals surface area contributed by atoms with Crippen molar-refractivity contribution >= 4 is 0 Å². The Balaban J connectivity index is 1.65. The van der Waals surface area contributed by atoms with Crippen LogP contribution in [0.1, 0.15) is 70.4 Å². The van der Waals surface area contributed by atoms with Crippen LogP contribution in [0.4, 0.5) is 0 Å². The molecule has 0 aliphatic heterocycles. The molecule has 0 amide bonds. The van der Waals surface area contributed by atoms with Gasteiger partial charge in [-0.1, -0.05) is 69.3 Å². The highest BCUT2D eigenvalue weighted by Gasteiger charge is 2.40. The van der Waals surface area contributed by atoms with Crippen LogP contribution in [0.15, 0.2) is 71.6 Å². The minimum absolute atomic E-state index is 0.553. The number of hydrogen-bond donors (Lipinski definition) is 1. The molecule has 0 saturated heterocycles. The van der Waals surface area contributed by atoms with Crippen molar-refractivity contribution in [2.45, 2.75) is 59.3 Å². The molecule has 1 N–H and O–H groups in total. The molecule has 1 nitrogen and oxygen atoms in total. The maximum absolute atomic E-state index is 4.36. The molecule has 26 heavy (non-hydrogen) atoms. The average Bonchev–Trinajstić information content (AvgIpc) is 3.43. The third kappa shape index (κ3) is 4.03. The molecule has 0 heterocycles. The largest absolute Gasteiger partial charge is 0.359 e. The number of hydrogen-bond acceptors (Lipinski definition) is 1. The highest BCUT2D eigenvalue weighted by molar-refractivity contribution is 5.42. The van der Waals surface area contributed by atoms with E-state index in [1.54, 1.807) is 0 Å². The van der Waals surface area contributed by atoms with Crippen LogP contribution in [0.25, 0.3) is 0 Å². The summed E-state index contributed by atoms with van der Waals surface area (Å²) in [6.07, 6.45) is 9.14. The van der Waals surface area contributed by atoms with Crippen molar-refractivity contribution in [3.63, 3.8) is 0 Å². The first-order chi connectivity index (χ1) is 12.4. The van der Waals surface area contributed by atoms with Crippen LogP contribution in [-0.2, 0) is 0 Å². The highest BCUT2D eigenvalue weighted by atomic mass is 14.9. The van der Waals surface area contributed by atoms with Crippen LogP contribution in [0.5, 0.6) is 0 Å². The Morgan fingerprint density at radius 3 is 2.77 bits per heavy atom. The van der Waals surface area contributed by atoms with E-state index in [-0.39, 0.29) is 0 Å². The molecule has 0 spiro atoms. The first-order valence-electron chi connectivity index (χ1n) is 10.0. The molecule has 2 aliphatic rings. The molecule has 0 bridgehead atoms. The topological polar surface area (TPSA) is 12.0 Å². The van der Waals surface area contributed by atoms with Crippen LogP contribution in [0, 0.1) is 11.8 Å². The Morgan fingerprint density at radius 2 is 2.08 bits per heavy atom. The van der Waals surface area contributed by atoms with Gasteiger partial charge in [-0.05, 0) is 67.2 Å². The number of nitrogens with one attached hydrogen (secondary N) is 1. The third-order valence-corrected chi connectivity index (χ3v) is 5.97. The van der Waals surface area contributed by atoms with Gasteiger partial charge in [-0.25, -0.2) is 0 Å². The van der Waals surface area contributed by atoms with Gasteiger partial charge in [0.05, 0.1) is 0 Å². The van der Waals surface area contributed by atoms with E-state index in [0.29, 0.717) is 23.7 Å². The van der Waals surface area contributed by atoms with Gasteiger partial charge in [0, 0.05) is 17.3 Å². The van der Waals surface area contributed by atoms with Crippen LogP contribution < -0.4 is 5.32 Å². The van der Waals surface area contributed by atoms with Crippen molar-refractivity contribution in [3.8, 4) is 0 Å². The predicted molar refractivity (Wildman–Crippen MR) is 113 cm³/mol. The molecule has 138 valence electrons. The zero-order valence-corrected chi connectivity index (χ0v) is 17.0. The third-order valence-electron chi connectivity index (χ3n) is 5.97. The zero-order chi connectivity index (χ0) is 18.8. The Labute approximate surface area is 159 Å². The summed E-state index contributed by atoms with van der Waals surface area (Å²) in [4.78, 5) is 0. The van der Waals surface area contributed by atoms with Crippen molar-refractivity contribution in [3.05, 3.63) is 82.7 Å². The van der Waals surface area contributed by atoms with Crippen LogP contribution >= 0.6 is 0 Å². The molecule has 1 aromatic rings. The van der Waals surface area contributed by atoms with Crippen LogP contribution in [-0.4, -0.2) is 0 Å². The van der Waals surface area contributed by atoms with E-state index >= 15 is 0 Å². The van der Waals surface area contributed by atoms with Gasteiger partial charge in [-0.15, -0.1) is 0 Å². The standard InChI is InChI=1S/C25H33N/c1-7-17(4)23-14-22(12-11-18(23)5)26-19(6)24-15-25(24)21-10-8-9-20(13-21)16(2)3/h7-10,12-14,16,18,24-26H,6,11,15H2,1-5H3/b17-7-. The molecule has 1 aromatic carbocycles. The first kappa shape index (κ1) is 18.8. The summed E-state index contributed by atoms with van der Waals surface area (Å²) in [5, 5.41) is 3.61. The summed E-state index contributed by atoms with van der Waals surface area (Å²) in [5.74, 6) is 2.36. The first-order valence-corrected chi connectivity index (χ1v) is 10.0. The molecule has 1 saturated carbocycles. The van der Waals surface area contributed by atoms with Gasteiger partial charge < -0.3 is 5.32 Å². The van der Waals surface area contributed by atoms with Gasteiger partial charge in [0.1, 0.15) is 0 Å². The van der Waals surface area contributed by atoms with E-state index in [9.17, 15) is 0 Å². The summed E-state index contributed by atoms with van der Waals surface area (Å²) >= 11 is 0. The van der Waals surface area contributed by atoms with Crippen molar-refractivity contribution < 1.29 is 0 Å². The maximum atomic E-state index is 4.36. The van der Waals surface area contributed by atoms with Gasteiger partial charge in [0.15, 0.2) is 0 Å². The van der Waals surface area contributed by atoms with Gasteiger partial charge in [0.2, 0.25) is 0 Å². The van der Waals surface area contributed by atoms with Crippen LogP contribution in [0.3, 0.4) is 0 Å². The van der Waals surface area contributed by atoms with Crippen molar-refractivity contribution in [2.75, 3.05) is 0 Å². The fraction of sp³-hybridized carbons (Fsp3) is 0.440. The Morgan fingerprint density at radius 1 is 1.31 bits per heavy atom. The number of rotatable bonds is 6. The molecule has 3 rings (SSSR count). The fourth-order valence-corrected chi connectivity index (χ4v) is 3.93. The molecular weight excluding hydrogens is 314 g/mol. The summed E-state index contributed by atoms with van der Waals surface area (Å²) in [6, 6.07) is 9.11. The molecule has 2 aliphatic carbocycles. The van der Waals surface area contributed by atoms with E-state index in [4.69, 9.17) is 0 Å². The molecule has 3 atom stereocenters. The minimum atomic E-state index is 0.553. The second kappa shape index (κ2) is 7.70.